The Morgan fingerprint density at radius 1 is 1.47 bits per heavy atom. The van der Waals surface area contributed by atoms with Crippen LogP contribution in [-0.2, 0) is 6.54 Å². The summed E-state index contributed by atoms with van der Waals surface area (Å²) in [6.45, 7) is 0.285. The second-order valence-electron chi connectivity index (χ2n) is 2.78. The molecule has 0 unspecified atom stereocenters. The van der Waals surface area contributed by atoms with Gasteiger partial charge in [0, 0.05) is 6.07 Å². The fourth-order valence-corrected chi connectivity index (χ4v) is 1.17. The summed E-state index contributed by atoms with van der Waals surface area (Å²) < 4.78 is 9.54. The van der Waals surface area contributed by atoms with E-state index in [9.17, 15) is 4.79 Å². The molecule has 0 spiro atoms. The number of carbonyl (C=O) groups excluding carboxylic acids is 1. The summed E-state index contributed by atoms with van der Waals surface area (Å²) in [5.74, 6) is -0.173. The van der Waals surface area contributed by atoms with Gasteiger partial charge in [-0.15, -0.1) is 0 Å². The van der Waals surface area contributed by atoms with Crippen molar-refractivity contribution in [2.75, 3.05) is 0 Å². The van der Waals surface area contributed by atoms with Gasteiger partial charge in [0.25, 0.3) is 5.91 Å². The number of rotatable bonds is 3. The Kier molecular flexibility index (Phi) is 2.73. The van der Waals surface area contributed by atoms with Gasteiger partial charge in [-0.25, -0.2) is 0 Å². The lowest BCUT2D eigenvalue weighted by Crippen LogP contribution is -2.22. The van der Waals surface area contributed by atoms with E-state index in [1.807, 2.05) is 0 Å². The summed E-state index contributed by atoms with van der Waals surface area (Å²) in [6.07, 6.45) is 1.44. The molecule has 1 amide bonds. The van der Waals surface area contributed by atoms with Crippen LogP contribution in [0.15, 0.2) is 33.4 Å². The van der Waals surface area contributed by atoms with Crippen molar-refractivity contribution in [1.82, 2.24) is 10.5 Å². The average molecular weight is 227 g/mol. The Morgan fingerprint density at radius 2 is 2.33 bits per heavy atom. The van der Waals surface area contributed by atoms with Crippen LogP contribution in [0.25, 0.3) is 0 Å². The van der Waals surface area contributed by atoms with E-state index in [0.717, 1.165) is 0 Å². The van der Waals surface area contributed by atoms with Gasteiger partial charge in [0.1, 0.15) is 12.0 Å². The second-order valence-corrected chi connectivity index (χ2v) is 3.15. The molecule has 0 aliphatic carbocycles. The van der Waals surface area contributed by atoms with Gasteiger partial charge < -0.3 is 14.3 Å². The smallest absolute Gasteiger partial charge is 0.287 e. The molecule has 0 bridgehead atoms. The van der Waals surface area contributed by atoms with E-state index in [1.165, 1.54) is 18.4 Å². The van der Waals surface area contributed by atoms with Gasteiger partial charge >= 0.3 is 0 Å². The Hall–Kier alpha value is -1.75. The van der Waals surface area contributed by atoms with Gasteiger partial charge in [0.2, 0.25) is 0 Å². The van der Waals surface area contributed by atoms with Gasteiger partial charge in [-0.3, -0.25) is 4.79 Å². The fourth-order valence-electron chi connectivity index (χ4n) is 1.02. The van der Waals surface area contributed by atoms with Gasteiger partial charge in [0.15, 0.2) is 11.0 Å². The minimum Gasteiger partial charge on any atom is -0.440 e. The van der Waals surface area contributed by atoms with E-state index in [4.69, 9.17) is 16.0 Å². The molecule has 15 heavy (non-hydrogen) atoms. The van der Waals surface area contributed by atoms with Crippen molar-refractivity contribution in [2.45, 2.75) is 6.54 Å². The lowest BCUT2D eigenvalue weighted by atomic mass is 10.4. The number of hydrogen-bond acceptors (Lipinski definition) is 4. The highest BCUT2D eigenvalue weighted by Crippen LogP contribution is 2.12. The Labute approximate surface area is 90.0 Å². The third-order valence-electron chi connectivity index (χ3n) is 1.72. The predicted octanol–water partition coefficient (Wildman–Crippen LogP) is 1.85. The van der Waals surface area contributed by atoms with E-state index in [1.54, 1.807) is 6.07 Å². The highest BCUT2D eigenvalue weighted by Gasteiger charge is 2.10. The minimum absolute atomic E-state index is 0.170. The topological polar surface area (TPSA) is 68.3 Å². The van der Waals surface area contributed by atoms with Crippen LogP contribution in [0.3, 0.4) is 0 Å². The van der Waals surface area contributed by atoms with E-state index >= 15 is 0 Å². The molecule has 0 saturated carbocycles. The summed E-state index contributed by atoms with van der Waals surface area (Å²) in [4.78, 5) is 11.4. The van der Waals surface area contributed by atoms with Crippen molar-refractivity contribution in [3.8, 4) is 0 Å². The van der Waals surface area contributed by atoms with Gasteiger partial charge in [0.05, 0.1) is 6.54 Å². The van der Waals surface area contributed by atoms with E-state index < -0.39 is 0 Å². The summed E-state index contributed by atoms with van der Waals surface area (Å²) in [5.41, 5.74) is 0.640. The first-order chi connectivity index (χ1) is 7.25. The monoisotopic (exact) mass is 226 g/mol. The first-order valence-corrected chi connectivity index (χ1v) is 4.56. The van der Waals surface area contributed by atoms with Crippen LogP contribution in [0.4, 0.5) is 0 Å². The molecule has 0 aromatic carbocycles. The van der Waals surface area contributed by atoms with Crippen LogP contribution in [0.5, 0.6) is 0 Å². The molecule has 0 fully saturated rings. The standard InChI is InChI=1S/C9H7ClN2O3/c10-8-2-1-7(15-8)9(13)11-5-6-3-4-14-12-6/h1-4H,5H2,(H,11,13). The van der Waals surface area contributed by atoms with Crippen molar-refractivity contribution in [1.29, 1.82) is 0 Å². The van der Waals surface area contributed by atoms with E-state index in [2.05, 4.69) is 15.0 Å². The molecule has 0 radical (unpaired) electrons. The Balaban J connectivity index is 1.93. The third-order valence-corrected chi connectivity index (χ3v) is 1.92. The highest BCUT2D eigenvalue weighted by molar-refractivity contribution is 6.29. The molecule has 0 atom stereocenters. The van der Waals surface area contributed by atoms with Gasteiger partial charge in [-0.05, 0) is 23.7 Å². The van der Waals surface area contributed by atoms with E-state index in [0.29, 0.717) is 5.69 Å². The Bertz CT molecular complexity index is 450. The van der Waals surface area contributed by atoms with Crippen LogP contribution < -0.4 is 5.32 Å². The minimum atomic E-state index is -0.343. The SMILES string of the molecule is O=C(NCc1ccon1)c1ccc(Cl)o1. The van der Waals surface area contributed by atoms with Crippen LogP contribution in [0.2, 0.25) is 5.22 Å². The van der Waals surface area contributed by atoms with Gasteiger partial charge in [-0.1, -0.05) is 5.16 Å². The van der Waals surface area contributed by atoms with Crippen molar-refractivity contribution in [2.24, 2.45) is 0 Å². The third kappa shape index (κ3) is 2.38. The van der Waals surface area contributed by atoms with Crippen molar-refractivity contribution in [3.05, 3.63) is 41.1 Å². The summed E-state index contributed by atoms with van der Waals surface area (Å²) in [5, 5.41) is 6.42. The molecule has 0 saturated heterocycles. The predicted molar refractivity (Wildman–Crippen MR) is 51.4 cm³/mol. The molecule has 78 valence electrons. The fraction of sp³-hybridized carbons (Fsp3) is 0.111. The number of carbonyl (C=O) groups is 1. The molecule has 2 rings (SSSR count). The highest BCUT2D eigenvalue weighted by atomic mass is 35.5. The zero-order valence-electron chi connectivity index (χ0n) is 7.57. The summed E-state index contributed by atoms with van der Waals surface area (Å²) in [7, 11) is 0. The molecule has 1 N–H and O–H groups in total. The molecule has 5 nitrogen and oxygen atoms in total. The second kappa shape index (κ2) is 4.18. The average Bonchev–Trinajstić information content (AvgIpc) is 2.84. The number of amides is 1. The lowest BCUT2D eigenvalue weighted by molar-refractivity contribution is 0.0922. The Morgan fingerprint density at radius 3 is 2.93 bits per heavy atom. The number of nitrogens with one attached hydrogen (secondary N) is 1. The van der Waals surface area contributed by atoms with E-state index in [-0.39, 0.29) is 23.4 Å². The zero-order valence-corrected chi connectivity index (χ0v) is 8.32. The molecular formula is C9H7ClN2O3. The van der Waals surface area contributed by atoms with Crippen molar-refractivity contribution < 1.29 is 13.7 Å². The molecule has 2 heterocycles. The summed E-state index contributed by atoms with van der Waals surface area (Å²) in [6, 6.07) is 4.67. The molecule has 6 heteroatoms. The van der Waals surface area contributed by atoms with Crippen LogP contribution in [0, 0.1) is 0 Å². The molecule has 2 aromatic rings. The maximum Gasteiger partial charge on any atom is 0.287 e. The largest absolute Gasteiger partial charge is 0.440 e. The van der Waals surface area contributed by atoms with Crippen molar-refractivity contribution in [3.63, 3.8) is 0 Å². The molecular weight excluding hydrogens is 220 g/mol. The normalized spacial score (nSPS) is 10.2. The number of halogens is 1. The lowest BCUT2D eigenvalue weighted by Gasteiger charge is -1.98. The number of aromatic nitrogens is 1. The first kappa shape index (κ1) is 9.79. The number of furan rings is 1. The first-order valence-electron chi connectivity index (χ1n) is 4.18. The van der Waals surface area contributed by atoms with Crippen molar-refractivity contribution >= 4 is 17.5 Å². The quantitative estimate of drug-likeness (QED) is 0.867. The van der Waals surface area contributed by atoms with Crippen LogP contribution in [0.1, 0.15) is 16.2 Å². The van der Waals surface area contributed by atoms with Crippen LogP contribution >= 0.6 is 11.6 Å². The zero-order chi connectivity index (χ0) is 10.7. The summed E-state index contributed by atoms with van der Waals surface area (Å²) >= 11 is 5.53. The molecule has 0 aliphatic rings. The number of nitrogens with zero attached hydrogens (tertiary/aromatic N) is 1. The number of hydrogen-bond donors (Lipinski definition) is 1. The molecule has 2 aromatic heterocycles. The maximum atomic E-state index is 11.4. The molecule has 0 aliphatic heterocycles. The van der Waals surface area contributed by atoms with Gasteiger partial charge in [-0.2, -0.15) is 0 Å². The maximum absolute atomic E-state index is 11.4. The van der Waals surface area contributed by atoms with Crippen LogP contribution in [-0.4, -0.2) is 11.1 Å².